The van der Waals surface area contributed by atoms with Crippen LogP contribution in [-0.4, -0.2) is 17.4 Å². The fraction of sp³-hybridized carbons (Fsp3) is 0.429. The number of carbonyl (C=O) groups excluding carboxylic acids is 1. The van der Waals surface area contributed by atoms with E-state index < -0.39 is 5.41 Å². The number of carbonyl (C=O) groups is 1. The SMILES string of the molecule is CCC(CC)(CN)C(=O)Nc1ccc2scnc2c1. The molecule has 1 aromatic carbocycles. The number of fused-ring (bicyclic) bond motifs is 1. The Labute approximate surface area is 117 Å². The van der Waals surface area contributed by atoms with E-state index in [-0.39, 0.29) is 5.91 Å². The summed E-state index contributed by atoms with van der Waals surface area (Å²) in [6.07, 6.45) is 1.48. The Morgan fingerprint density at radius 3 is 2.79 bits per heavy atom. The van der Waals surface area contributed by atoms with Gasteiger partial charge in [-0.15, -0.1) is 11.3 Å². The number of thiazole rings is 1. The molecular formula is C14H19N3OS. The van der Waals surface area contributed by atoms with Crippen molar-refractivity contribution in [1.29, 1.82) is 0 Å². The molecule has 0 atom stereocenters. The zero-order chi connectivity index (χ0) is 13.9. The summed E-state index contributed by atoms with van der Waals surface area (Å²) in [4.78, 5) is 16.6. The van der Waals surface area contributed by atoms with Crippen molar-refractivity contribution in [3.63, 3.8) is 0 Å². The molecule has 0 aliphatic carbocycles. The topological polar surface area (TPSA) is 68.0 Å². The molecule has 0 saturated heterocycles. The molecule has 0 spiro atoms. The Balaban J connectivity index is 2.21. The van der Waals surface area contributed by atoms with E-state index in [1.165, 1.54) is 0 Å². The van der Waals surface area contributed by atoms with Crippen LogP contribution in [-0.2, 0) is 4.79 Å². The molecule has 0 radical (unpaired) electrons. The van der Waals surface area contributed by atoms with Gasteiger partial charge in [-0.05, 0) is 31.0 Å². The van der Waals surface area contributed by atoms with E-state index >= 15 is 0 Å². The van der Waals surface area contributed by atoms with Crippen molar-refractivity contribution in [3.8, 4) is 0 Å². The standard InChI is InChI=1S/C14H19N3OS/c1-3-14(4-2,8-15)13(18)17-10-5-6-12-11(7-10)16-9-19-12/h5-7,9H,3-4,8,15H2,1-2H3,(H,17,18). The Hall–Kier alpha value is -1.46. The summed E-state index contributed by atoms with van der Waals surface area (Å²) >= 11 is 1.59. The van der Waals surface area contributed by atoms with E-state index in [0.29, 0.717) is 6.54 Å². The molecule has 0 bridgehead atoms. The highest BCUT2D eigenvalue weighted by Crippen LogP contribution is 2.28. The van der Waals surface area contributed by atoms with Crippen molar-refractivity contribution in [1.82, 2.24) is 4.98 Å². The summed E-state index contributed by atoms with van der Waals surface area (Å²) in [5.74, 6) is -0.00502. The third kappa shape index (κ3) is 2.62. The lowest BCUT2D eigenvalue weighted by Gasteiger charge is -2.28. The average molecular weight is 277 g/mol. The molecule has 0 unspecified atom stereocenters. The Kier molecular flexibility index (Phi) is 4.17. The molecule has 1 aromatic heterocycles. The van der Waals surface area contributed by atoms with Gasteiger partial charge in [-0.25, -0.2) is 4.98 Å². The lowest BCUT2D eigenvalue weighted by molar-refractivity contribution is -0.125. The van der Waals surface area contributed by atoms with Gasteiger partial charge < -0.3 is 11.1 Å². The van der Waals surface area contributed by atoms with Crippen molar-refractivity contribution < 1.29 is 4.79 Å². The second kappa shape index (κ2) is 5.67. The summed E-state index contributed by atoms with van der Waals surface area (Å²) in [7, 11) is 0. The Morgan fingerprint density at radius 1 is 1.42 bits per heavy atom. The number of nitrogens with zero attached hydrogens (tertiary/aromatic N) is 1. The number of nitrogens with two attached hydrogens (primary N) is 1. The lowest BCUT2D eigenvalue weighted by Crippen LogP contribution is -2.41. The monoisotopic (exact) mass is 277 g/mol. The van der Waals surface area contributed by atoms with Crippen LogP contribution in [0.25, 0.3) is 10.2 Å². The number of hydrogen-bond donors (Lipinski definition) is 2. The minimum atomic E-state index is -0.475. The molecule has 2 rings (SSSR count). The molecule has 102 valence electrons. The van der Waals surface area contributed by atoms with Gasteiger partial charge in [0.25, 0.3) is 0 Å². The maximum atomic E-state index is 12.4. The van der Waals surface area contributed by atoms with Gasteiger partial charge in [-0.2, -0.15) is 0 Å². The van der Waals surface area contributed by atoms with E-state index in [4.69, 9.17) is 5.73 Å². The first-order valence-electron chi connectivity index (χ1n) is 6.50. The molecule has 0 aliphatic heterocycles. The predicted molar refractivity (Wildman–Crippen MR) is 80.3 cm³/mol. The van der Waals surface area contributed by atoms with E-state index in [1.807, 2.05) is 32.0 Å². The normalized spacial score (nSPS) is 11.7. The van der Waals surface area contributed by atoms with Crippen molar-refractivity contribution in [2.75, 3.05) is 11.9 Å². The second-order valence-corrected chi connectivity index (χ2v) is 5.57. The highest BCUT2D eigenvalue weighted by atomic mass is 32.1. The highest BCUT2D eigenvalue weighted by molar-refractivity contribution is 7.16. The van der Waals surface area contributed by atoms with Crippen LogP contribution in [0.3, 0.4) is 0 Å². The summed E-state index contributed by atoms with van der Waals surface area (Å²) in [6.45, 7) is 4.36. The molecule has 3 N–H and O–H groups in total. The molecule has 5 heteroatoms. The first-order chi connectivity index (χ1) is 9.15. The van der Waals surface area contributed by atoms with E-state index in [1.54, 1.807) is 16.8 Å². The molecule has 0 fully saturated rings. The minimum Gasteiger partial charge on any atom is -0.329 e. The zero-order valence-corrected chi connectivity index (χ0v) is 12.1. The van der Waals surface area contributed by atoms with Crippen LogP contribution in [0.2, 0.25) is 0 Å². The van der Waals surface area contributed by atoms with Gasteiger partial charge in [-0.3, -0.25) is 4.79 Å². The van der Waals surface area contributed by atoms with Gasteiger partial charge in [0, 0.05) is 12.2 Å². The van der Waals surface area contributed by atoms with E-state index in [0.717, 1.165) is 28.7 Å². The van der Waals surface area contributed by atoms with Gasteiger partial charge in [-0.1, -0.05) is 13.8 Å². The number of nitrogens with one attached hydrogen (secondary N) is 1. The molecule has 4 nitrogen and oxygen atoms in total. The third-order valence-corrected chi connectivity index (χ3v) is 4.62. The van der Waals surface area contributed by atoms with E-state index in [9.17, 15) is 4.79 Å². The van der Waals surface area contributed by atoms with Crippen molar-refractivity contribution in [3.05, 3.63) is 23.7 Å². The first-order valence-corrected chi connectivity index (χ1v) is 7.38. The molecule has 0 saturated carbocycles. The molecular weight excluding hydrogens is 258 g/mol. The maximum Gasteiger partial charge on any atom is 0.231 e. The van der Waals surface area contributed by atoms with Crippen molar-refractivity contribution in [2.24, 2.45) is 11.1 Å². The molecule has 0 aliphatic rings. The predicted octanol–water partition coefficient (Wildman–Crippen LogP) is 3.00. The lowest BCUT2D eigenvalue weighted by atomic mass is 9.81. The average Bonchev–Trinajstić information content (AvgIpc) is 2.89. The van der Waals surface area contributed by atoms with Crippen LogP contribution >= 0.6 is 11.3 Å². The summed E-state index contributed by atoms with van der Waals surface area (Å²) in [5.41, 5.74) is 8.81. The number of rotatable bonds is 5. The third-order valence-electron chi connectivity index (χ3n) is 3.81. The van der Waals surface area contributed by atoms with Gasteiger partial charge in [0.05, 0.1) is 21.1 Å². The summed E-state index contributed by atoms with van der Waals surface area (Å²) < 4.78 is 1.12. The highest BCUT2D eigenvalue weighted by Gasteiger charge is 2.33. The Bertz CT molecular complexity index is 567. The van der Waals surface area contributed by atoms with Gasteiger partial charge in [0.1, 0.15) is 0 Å². The van der Waals surface area contributed by atoms with Crippen molar-refractivity contribution >= 4 is 33.1 Å². The van der Waals surface area contributed by atoms with Crippen molar-refractivity contribution in [2.45, 2.75) is 26.7 Å². The molecule has 1 heterocycles. The van der Waals surface area contributed by atoms with Crippen LogP contribution in [0.4, 0.5) is 5.69 Å². The van der Waals surface area contributed by atoms with Crippen LogP contribution in [0.15, 0.2) is 23.7 Å². The van der Waals surface area contributed by atoms with E-state index in [2.05, 4.69) is 10.3 Å². The number of amides is 1. The van der Waals surface area contributed by atoms with Gasteiger partial charge >= 0.3 is 0 Å². The fourth-order valence-electron chi connectivity index (χ4n) is 2.15. The maximum absolute atomic E-state index is 12.4. The molecule has 2 aromatic rings. The number of benzene rings is 1. The summed E-state index contributed by atoms with van der Waals surface area (Å²) in [5, 5.41) is 2.96. The van der Waals surface area contributed by atoms with Crippen LogP contribution in [0.5, 0.6) is 0 Å². The number of anilines is 1. The first kappa shape index (κ1) is 14.0. The van der Waals surface area contributed by atoms with Gasteiger partial charge in [0.2, 0.25) is 5.91 Å². The van der Waals surface area contributed by atoms with Crippen LogP contribution < -0.4 is 11.1 Å². The second-order valence-electron chi connectivity index (χ2n) is 4.68. The molecule has 19 heavy (non-hydrogen) atoms. The summed E-state index contributed by atoms with van der Waals surface area (Å²) in [6, 6.07) is 5.78. The zero-order valence-electron chi connectivity index (χ0n) is 11.3. The van der Waals surface area contributed by atoms with Gasteiger partial charge in [0.15, 0.2) is 0 Å². The molecule has 1 amide bonds. The van der Waals surface area contributed by atoms with Crippen LogP contribution in [0.1, 0.15) is 26.7 Å². The van der Waals surface area contributed by atoms with Crippen LogP contribution in [0, 0.1) is 5.41 Å². The Morgan fingerprint density at radius 2 is 2.16 bits per heavy atom. The number of aromatic nitrogens is 1. The largest absolute Gasteiger partial charge is 0.329 e. The quantitative estimate of drug-likeness (QED) is 0.882. The number of hydrogen-bond acceptors (Lipinski definition) is 4. The minimum absolute atomic E-state index is 0.00502. The fourth-order valence-corrected chi connectivity index (χ4v) is 2.81. The smallest absolute Gasteiger partial charge is 0.231 e.